The summed E-state index contributed by atoms with van der Waals surface area (Å²) in [6.07, 6.45) is 2.91. The van der Waals surface area contributed by atoms with Gasteiger partial charge in [-0.15, -0.1) is 0 Å². The topological polar surface area (TPSA) is 86.7 Å². The van der Waals surface area contributed by atoms with Crippen LogP contribution in [0.4, 0.5) is 5.82 Å². The van der Waals surface area contributed by atoms with Crippen molar-refractivity contribution in [2.75, 3.05) is 5.73 Å². The van der Waals surface area contributed by atoms with Crippen molar-refractivity contribution < 1.29 is 4.79 Å². The van der Waals surface area contributed by atoms with Gasteiger partial charge in [-0.05, 0) is 12.1 Å². The van der Waals surface area contributed by atoms with Gasteiger partial charge < -0.3 is 10.3 Å². The summed E-state index contributed by atoms with van der Waals surface area (Å²) < 4.78 is 2.53. The maximum absolute atomic E-state index is 12.2. The Morgan fingerprint density at radius 1 is 1.30 bits per heavy atom. The van der Waals surface area contributed by atoms with Crippen LogP contribution >= 0.6 is 15.9 Å². The molecule has 1 aromatic carbocycles. The number of imidazole rings is 1. The smallest absolute Gasteiger partial charge is 0.182 e. The van der Waals surface area contributed by atoms with Crippen LogP contribution in [-0.4, -0.2) is 25.3 Å². The number of hydrogen-bond donors (Lipinski definition) is 1. The van der Waals surface area contributed by atoms with Crippen LogP contribution in [0.25, 0.3) is 11.2 Å². The van der Waals surface area contributed by atoms with Gasteiger partial charge in [0.05, 0.1) is 12.9 Å². The lowest BCUT2D eigenvalue weighted by Crippen LogP contribution is -2.10. The number of ketones is 1. The Morgan fingerprint density at radius 3 is 2.95 bits per heavy atom. The molecule has 7 heteroatoms. The Kier molecular flexibility index (Phi) is 3.19. The van der Waals surface area contributed by atoms with E-state index in [1.165, 1.54) is 6.33 Å². The predicted octanol–water partition coefficient (Wildman–Crippen LogP) is 2.05. The monoisotopic (exact) mass is 331 g/mol. The van der Waals surface area contributed by atoms with Crippen molar-refractivity contribution in [2.45, 2.75) is 6.54 Å². The summed E-state index contributed by atoms with van der Waals surface area (Å²) in [5.74, 6) is 0.284. The van der Waals surface area contributed by atoms with Gasteiger partial charge in [0.25, 0.3) is 0 Å². The number of Topliss-reactive ketones (excluding diaryl/α,β-unsaturated/α-hetero) is 1. The first-order valence-corrected chi connectivity index (χ1v) is 6.64. The number of anilines is 1. The summed E-state index contributed by atoms with van der Waals surface area (Å²) in [6, 6.07) is 7.25. The van der Waals surface area contributed by atoms with Gasteiger partial charge in [-0.2, -0.15) is 0 Å². The highest BCUT2D eigenvalue weighted by Crippen LogP contribution is 2.16. The molecule has 0 amide bonds. The highest BCUT2D eigenvalue weighted by molar-refractivity contribution is 9.10. The summed E-state index contributed by atoms with van der Waals surface area (Å²) in [7, 11) is 0. The van der Waals surface area contributed by atoms with Crippen molar-refractivity contribution in [1.82, 2.24) is 19.5 Å². The fourth-order valence-electron chi connectivity index (χ4n) is 1.92. The average Bonchev–Trinajstić information content (AvgIpc) is 2.83. The van der Waals surface area contributed by atoms with Crippen molar-refractivity contribution in [1.29, 1.82) is 0 Å². The van der Waals surface area contributed by atoms with E-state index in [1.54, 1.807) is 23.0 Å². The Morgan fingerprint density at radius 2 is 2.15 bits per heavy atom. The van der Waals surface area contributed by atoms with E-state index in [9.17, 15) is 4.79 Å². The molecule has 0 saturated heterocycles. The Balaban J connectivity index is 1.94. The molecule has 3 aromatic rings. The fraction of sp³-hybridized carbons (Fsp3) is 0.0769. The molecular formula is C13H10BrN5O. The van der Waals surface area contributed by atoms with Crippen LogP contribution in [0.2, 0.25) is 0 Å². The molecule has 0 bridgehead atoms. The number of fused-ring (bicyclic) bond motifs is 1. The molecular weight excluding hydrogens is 322 g/mol. The van der Waals surface area contributed by atoms with Crippen LogP contribution in [0.3, 0.4) is 0 Å². The standard InChI is InChI=1S/C13H10BrN5O/c14-9-3-1-2-8(4-9)10(20)5-19-7-18-11-12(15)16-6-17-13(11)19/h1-4,6-7H,5H2,(H2,15,16,17). The number of halogens is 1. The molecule has 0 radical (unpaired) electrons. The zero-order chi connectivity index (χ0) is 14.1. The summed E-state index contributed by atoms with van der Waals surface area (Å²) in [5, 5.41) is 0. The molecule has 2 heterocycles. The number of hydrogen-bond acceptors (Lipinski definition) is 5. The fourth-order valence-corrected chi connectivity index (χ4v) is 2.32. The number of nitrogens with two attached hydrogens (primary N) is 1. The van der Waals surface area contributed by atoms with Gasteiger partial charge >= 0.3 is 0 Å². The highest BCUT2D eigenvalue weighted by Gasteiger charge is 2.12. The molecule has 6 nitrogen and oxygen atoms in total. The summed E-state index contributed by atoms with van der Waals surface area (Å²) in [4.78, 5) is 24.4. The summed E-state index contributed by atoms with van der Waals surface area (Å²) in [6.45, 7) is 0.156. The number of rotatable bonds is 3. The second kappa shape index (κ2) is 5.01. The second-order valence-corrected chi connectivity index (χ2v) is 5.15. The van der Waals surface area contributed by atoms with Gasteiger partial charge in [-0.1, -0.05) is 28.1 Å². The first-order chi connectivity index (χ1) is 9.65. The highest BCUT2D eigenvalue weighted by atomic mass is 79.9. The molecule has 0 spiro atoms. The van der Waals surface area contributed by atoms with Crippen molar-refractivity contribution in [2.24, 2.45) is 0 Å². The van der Waals surface area contributed by atoms with E-state index >= 15 is 0 Å². The molecule has 2 N–H and O–H groups in total. The van der Waals surface area contributed by atoms with E-state index in [0.29, 0.717) is 22.5 Å². The molecule has 3 rings (SSSR count). The number of nitrogens with zero attached hydrogens (tertiary/aromatic N) is 4. The van der Waals surface area contributed by atoms with Gasteiger partial charge in [0.1, 0.15) is 11.8 Å². The molecule has 0 unspecified atom stereocenters. The Bertz CT molecular complexity index is 798. The number of carbonyl (C=O) groups excluding carboxylic acids is 1. The van der Waals surface area contributed by atoms with Gasteiger partial charge in [-0.25, -0.2) is 15.0 Å². The maximum Gasteiger partial charge on any atom is 0.182 e. The minimum Gasteiger partial charge on any atom is -0.382 e. The van der Waals surface area contributed by atoms with Crippen molar-refractivity contribution in [3.05, 3.63) is 47.0 Å². The Hall–Kier alpha value is -2.28. The second-order valence-electron chi connectivity index (χ2n) is 4.24. The van der Waals surface area contributed by atoms with E-state index in [4.69, 9.17) is 5.73 Å². The van der Waals surface area contributed by atoms with E-state index < -0.39 is 0 Å². The van der Waals surface area contributed by atoms with Crippen LogP contribution in [0.15, 0.2) is 41.4 Å². The molecule has 0 aliphatic carbocycles. The van der Waals surface area contributed by atoms with Gasteiger partial charge in [0.15, 0.2) is 17.2 Å². The van der Waals surface area contributed by atoms with Gasteiger partial charge in [-0.3, -0.25) is 4.79 Å². The van der Waals surface area contributed by atoms with Crippen molar-refractivity contribution in [3.8, 4) is 0 Å². The van der Waals surface area contributed by atoms with Crippen LogP contribution in [0.1, 0.15) is 10.4 Å². The lowest BCUT2D eigenvalue weighted by Gasteiger charge is -2.04. The van der Waals surface area contributed by atoms with Gasteiger partial charge in [0, 0.05) is 10.0 Å². The largest absolute Gasteiger partial charge is 0.382 e. The molecule has 0 saturated carbocycles. The van der Waals surface area contributed by atoms with Crippen LogP contribution in [0.5, 0.6) is 0 Å². The maximum atomic E-state index is 12.2. The third-order valence-corrected chi connectivity index (χ3v) is 3.38. The predicted molar refractivity (Wildman–Crippen MR) is 78.2 cm³/mol. The first-order valence-electron chi connectivity index (χ1n) is 5.85. The van der Waals surface area contributed by atoms with Crippen molar-refractivity contribution in [3.63, 3.8) is 0 Å². The molecule has 20 heavy (non-hydrogen) atoms. The summed E-state index contributed by atoms with van der Waals surface area (Å²) >= 11 is 3.35. The van der Waals surface area contributed by atoms with E-state index in [2.05, 4.69) is 30.9 Å². The molecule has 100 valence electrons. The Labute approximate surface area is 122 Å². The molecule has 0 aliphatic heterocycles. The zero-order valence-electron chi connectivity index (χ0n) is 10.3. The number of nitrogen functional groups attached to an aromatic ring is 1. The van der Waals surface area contributed by atoms with Crippen LogP contribution < -0.4 is 5.73 Å². The minimum absolute atomic E-state index is 0.0252. The molecule has 0 atom stereocenters. The van der Waals surface area contributed by atoms with Gasteiger partial charge in [0.2, 0.25) is 0 Å². The van der Waals surface area contributed by atoms with E-state index in [0.717, 1.165) is 4.47 Å². The quantitative estimate of drug-likeness (QED) is 0.742. The van der Waals surface area contributed by atoms with E-state index in [-0.39, 0.29) is 12.3 Å². The van der Waals surface area contributed by atoms with E-state index in [1.807, 2.05) is 12.1 Å². The normalized spacial score (nSPS) is 10.8. The van der Waals surface area contributed by atoms with Crippen LogP contribution in [0, 0.1) is 0 Å². The number of carbonyl (C=O) groups is 1. The third-order valence-electron chi connectivity index (χ3n) is 2.89. The minimum atomic E-state index is -0.0252. The lowest BCUT2D eigenvalue weighted by molar-refractivity contribution is 0.0973. The number of aromatic nitrogens is 4. The number of benzene rings is 1. The molecule has 2 aromatic heterocycles. The van der Waals surface area contributed by atoms with Crippen molar-refractivity contribution >= 4 is 38.7 Å². The summed E-state index contributed by atoms with van der Waals surface area (Å²) in [5.41, 5.74) is 7.41. The molecule has 0 fully saturated rings. The zero-order valence-corrected chi connectivity index (χ0v) is 11.9. The van der Waals surface area contributed by atoms with Crippen LogP contribution in [-0.2, 0) is 6.54 Å². The molecule has 0 aliphatic rings. The lowest BCUT2D eigenvalue weighted by atomic mass is 10.1. The SMILES string of the molecule is Nc1ncnc2c1ncn2CC(=O)c1cccc(Br)c1. The first kappa shape index (κ1) is 12.7. The average molecular weight is 332 g/mol. The third kappa shape index (κ3) is 2.27.